The molecule has 1 fully saturated rings. The van der Waals surface area contributed by atoms with Gasteiger partial charge >= 0.3 is 0 Å². The van der Waals surface area contributed by atoms with Crippen LogP contribution in [-0.2, 0) is 23.2 Å². The summed E-state index contributed by atoms with van der Waals surface area (Å²) in [6.45, 7) is 0. The second kappa shape index (κ2) is 5.11. The molecule has 2 aliphatic rings. The van der Waals surface area contributed by atoms with E-state index in [1.165, 1.54) is 24.0 Å². The molecular formula is C16H18ClNO. The van der Waals surface area contributed by atoms with Crippen LogP contribution < -0.4 is 0 Å². The van der Waals surface area contributed by atoms with Crippen LogP contribution in [0.1, 0.15) is 55.2 Å². The zero-order valence-electron chi connectivity index (χ0n) is 11.0. The van der Waals surface area contributed by atoms with Crippen LogP contribution in [0.15, 0.2) is 17.1 Å². The standard InChI is InChI=1S/C16H18ClNO/c17-15-10-13(9-12-5-1-2-6-14(12)15)16(18-11-19)7-3-4-8-16/h9-10H,1-8H2. The fraction of sp³-hybridized carbons (Fsp3) is 0.562. The van der Waals surface area contributed by atoms with Crippen molar-refractivity contribution in [1.29, 1.82) is 0 Å². The van der Waals surface area contributed by atoms with Crippen molar-refractivity contribution in [2.75, 3.05) is 0 Å². The Balaban J connectivity index is 2.09. The van der Waals surface area contributed by atoms with E-state index in [1.807, 2.05) is 6.07 Å². The van der Waals surface area contributed by atoms with Crippen LogP contribution >= 0.6 is 11.6 Å². The summed E-state index contributed by atoms with van der Waals surface area (Å²) in [6.07, 6.45) is 10.6. The second-order valence-corrected chi connectivity index (χ2v) is 6.15. The molecule has 0 unspecified atom stereocenters. The van der Waals surface area contributed by atoms with E-state index in [4.69, 9.17) is 11.6 Å². The molecule has 3 heteroatoms. The van der Waals surface area contributed by atoms with Crippen molar-refractivity contribution >= 4 is 17.7 Å². The van der Waals surface area contributed by atoms with Crippen LogP contribution in [0.3, 0.4) is 0 Å². The molecule has 0 N–H and O–H groups in total. The number of carbonyl (C=O) groups excluding carboxylic acids is 1. The molecule has 1 aromatic rings. The van der Waals surface area contributed by atoms with Crippen molar-refractivity contribution < 1.29 is 4.79 Å². The fourth-order valence-corrected chi connectivity index (χ4v) is 3.93. The van der Waals surface area contributed by atoms with Crippen molar-refractivity contribution in [2.45, 2.75) is 56.9 Å². The molecule has 0 bridgehead atoms. The molecule has 0 radical (unpaired) electrons. The van der Waals surface area contributed by atoms with Crippen LogP contribution in [0.4, 0.5) is 0 Å². The number of rotatable bonds is 2. The smallest absolute Gasteiger partial charge is 0.211 e. The second-order valence-electron chi connectivity index (χ2n) is 5.74. The van der Waals surface area contributed by atoms with E-state index in [2.05, 4.69) is 11.1 Å². The van der Waals surface area contributed by atoms with Gasteiger partial charge in [0.15, 0.2) is 0 Å². The Morgan fingerprint density at radius 3 is 2.58 bits per heavy atom. The zero-order chi connectivity index (χ0) is 13.3. The van der Waals surface area contributed by atoms with Crippen LogP contribution in [0.2, 0.25) is 5.02 Å². The lowest BCUT2D eigenvalue weighted by Gasteiger charge is -2.26. The molecule has 19 heavy (non-hydrogen) atoms. The summed E-state index contributed by atoms with van der Waals surface area (Å²) < 4.78 is 0. The van der Waals surface area contributed by atoms with Gasteiger partial charge in [-0.1, -0.05) is 30.5 Å². The lowest BCUT2D eigenvalue weighted by Crippen LogP contribution is -2.20. The summed E-state index contributed by atoms with van der Waals surface area (Å²) in [4.78, 5) is 14.9. The third-order valence-electron chi connectivity index (χ3n) is 4.64. The average molecular weight is 276 g/mol. The minimum absolute atomic E-state index is 0.349. The highest BCUT2D eigenvalue weighted by atomic mass is 35.5. The minimum Gasteiger partial charge on any atom is -0.211 e. The fourth-order valence-electron chi connectivity index (χ4n) is 3.59. The summed E-state index contributed by atoms with van der Waals surface area (Å²) >= 11 is 6.45. The number of aliphatic imine (C=N–C) groups is 1. The lowest BCUT2D eigenvalue weighted by atomic mass is 9.83. The number of halogens is 1. The van der Waals surface area contributed by atoms with Gasteiger partial charge in [-0.15, -0.1) is 0 Å². The number of hydrogen-bond acceptors (Lipinski definition) is 2. The van der Waals surface area contributed by atoms with E-state index in [0.29, 0.717) is 0 Å². The maximum Gasteiger partial charge on any atom is 0.235 e. The van der Waals surface area contributed by atoms with E-state index in [0.717, 1.165) is 49.1 Å². The summed E-state index contributed by atoms with van der Waals surface area (Å²) in [5.74, 6) is 0. The van der Waals surface area contributed by atoms with Gasteiger partial charge in [0.25, 0.3) is 0 Å². The quantitative estimate of drug-likeness (QED) is 0.584. The summed E-state index contributed by atoms with van der Waals surface area (Å²) in [5.41, 5.74) is 3.44. The zero-order valence-corrected chi connectivity index (χ0v) is 11.8. The van der Waals surface area contributed by atoms with E-state index >= 15 is 0 Å². The van der Waals surface area contributed by atoms with Gasteiger partial charge in [0.1, 0.15) is 0 Å². The molecule has 3 rings (SSSR count). The molecule has 0 saturated heterocycles. The van der Waals surface area contributed by atoms with Gasteiger partial charge in [-0.05, 0) is 61.3 Å². The molecule has 0 heterocycles. The van der Waals surface area contributed by atoms with Gasteiger partial charge in [-0.3, -0.25) is 0 Å². The van der Waals surface area contributed by atoms with Gasteiger partial charge in [0, 0.05) is 5.02 Å². The highest BCUT2D eigenvalue weighted by molar-refractivity contribution is 6.31. The Bertz CT molecular complexity index is 540. The molecule has 1 aromatic carbocycles. The first kappa shape index (κ1) is 12.9. The van der Waals surface area contributed by atoms with Crippen LogP contribution in [0.5, 0.6) is 0 Å². The number of isocyanates is 1. The monoisotopic (exact) mass is 275 g/mol. The first-order valence-electron chi connectivity index (χ1n) is 7.16. The highest BCUT2D eigenvalue weighted by Crippen LogP contribution is 2.44. The molecule has 0 atom stereocenters. The SMILES string of the molecule is O=C=NC1(c2cc(Cl)c3c(c2)CCCC3)CCCC1. The summed E-state index contributed by atoms with van der Waals surface area (Å²) in [6, 6.07) is 4.28. The number of hydrogen-bond donors (Lipinski definition) is 0. The van der Waals surface area contributed by atoms with Crippen LogP contribution in [0, 0.1) is 0 Å². The number of nitrogens with zero attached hydrogens (tertiary/aromatic N) is 1. The Hall–Kier alpha value is -1.11. The van der Waals surface area contributed by atoms with E-state index < -0.39 is 0 Å². The first-order valence-corrected chi connectivity index (χ1v) is 7.54. The summed E-state index contributed by atoms with van der Waals surface area (Å²) in [5, 5.41) is 0.861. The molecule has 0 spiro atoms. The Morgan fingerprint density at radius 1 is 1.11 bits per heavy atom. The van der Waals surface area contributed by atoms with Crippen molar-refractivity contribution in [3.05, 3.63) is 33.8 Å². The number of fused-ring (bicyclic) bond motifs is 1. The predicted molar refractivity (Wildman–Crippen MR) is 76.4 cm³/mol. The van der Waals surface area contributed by atoms with Crippen molar-refractivity contribution in [3.63, 3.8) is 0 Å². The predicted octanol–water partition coefficient (Wildman–Crippen LogP) is 4.32. The Morgan fingerprint density at radius 2 is 1.84 bits per heavy atom. The molecular weight excluding hydrogens is 258 g/mol. The molecule has 0 amide bonds. The molecule has 2 aliphatic carbocycles. The van der Waals surface area contributed by atoms with Crippen molar-refractivity contribution in [2.24, 2.45) is 4.99 Å². The minimum atomic E-state index is -0.349. The maximum atomic E-state index is 10.8. The normalized spacial score (nSPS) is 20.7. The maximum absolute atomic E-state index is 10.8. The van der Waals surface area contributed by atoms with E-state index in [1.54, 1.807) is 6.08 Å². The topological polar surface area (TPSA) is 29.4 Å². The molecule has 0 aromatic heterocycles. The Kier molecular flexibility index (Phi) is 3.47. The van der Waals surface area contributed by atoms with Crippen LogP contribution in [0.25, 0.3) is 0 Å². The average Bonchev–Trinajstić information content (AvgIpc) is 2.89. The van der Waals surface area contributed by atoms with Gasteiger partial charge in [-0.2, -0.15) is 4.99 Å². The Labute approximate surface area is 118 Å². The third-order valence-corrected chi connectivity index (χ3v) is 4.98. The molecule has 2 nitrogen and oxygen atoms in total. The number of aryl methyl sites for hydroxylation is 1. The third kappa shape index (κ3) is 2.24. The largest absolute Gasteiger partial charge is 0.235 e. The van der Waals surface area contributed by atoms with Crippen molar-refractivity contribution in [3.8, 4) is 0 Å². The summed E-state index contributed by atoms with van der Waals surface area (Å²) in [7, 11) is 0. The first-order chi connectivity index (χ1) is 9.25. The van der Waals surface area contributed by atoms with Gasteiger partial charge in [0.05, 0.1) is 5.54 Å². The number of benzene rings is 1. The molecule has 100 valence electrons. The highest BCUT2D eigenvalue weighted by Gasteiger charge is 2.36. The van der Waals surface area contributed by atoms with Gasteiger partial charge in [0.2, 0.25) is 6.08 Å². The van der Waals surface area contributed by atoms with Gasteiger partial charge in [-0.25, -0.2) is 4.79 Å². The molecule has 1 saturated carbocycles. The van der Waals surface area contributed by atoms with E-state index in [9.17, 15) is 4.79 Å². The van der Waals surface area contributed by atoms with Crippen LogP contribution in [-0.4, -0.2) is 6.08 Å². The molecule has 0 aliphatic heterocycles. The van der Waals surface area contributed by atoms with E-state index in [-0.39, 0.29) is 5.54 Å². The lowest BCUT2D eigenvalue weighted by molar-refractivity contribution is 0.455. The van der Waals surface area contributed by atoms with Gasteiger partial charge < -0.3 is 0 Å². The van der Waals surface area contributed by atoms with Crippen molar-refractivity contribution in [1.82, 2.24) is 0 Å².